The van der Waals surface area contributed by atoms with Crippen molar-refractivity contribution < 1.29 is 19.0 Å². The van der Waals surface area contributed by atoms with Gasteiger partial charge in [-0.1, -0.05) is 11.6 Å². The summed E-state index contributed by atoms with van der Waals surface area (Å²) in [5.41, 5.74) is 1.49. The van der Waals surface area contributed by atoms with Crippen LogP contribution in [0.2, 0.25) is 5.02 Å². The van der Waals surface area contributed by atoms with Crippen molar-refractivity contribution in [2.24, 2.45) is 0 Å². The maximum Gasteiger partial charge on any atom is 0.408 e. The lowest BCUT2D eigenvalue weighted by molar-refractivity contribution is -0.163. The second kappa shape index (κ2) is 8.10. The Labute approximate surface area is 187 Å². The number of halogens is 1. The normalized spacial score (nSPS) is 25.5. The van der Waals surface area contributed by atoms with E-state index in [4.69, 9.17) is 25.8 Å². The van der Waals surface area contributed by atoms with Gasteiger partial charge in [-0.15, -0.1) is 0 Å². The van der Waals surface area contributed by atoms with E-state index in [1.807, 2.05) is 26.8 Å². The maximum atomic E-state index is 12.3. The number of nitrogens with zero attached hydrogens (tertiary/aromatic N) is 2. The number of carbonyl (C=O) groups excluding carboxylic acids is 1. The lowest BCUT2D eigenvalue weighted by Crippen LogP contribution is -2.63. The number of fused-ring (bicyclic) bond motifs is 4. The van der Waals surface area contributed by atoms with Crippen LogP contribution in [-0.2, 0) is 15.9 Å². The van der Waals surface area contributed by atoms with Crippen LogP contribution in [-0.4, -0.2) is 46.5 Å². The molecule has 2 aromatic rings. The number of amides is 1. The van der Waals surface area contributed by atoms with Crippen molar-refractivity contribution in [2.75, 3.05) is 13.7 Å². The van der Waals surface area contributed by atoms with E-state index in [1.165, 1.54) is 0 Å². The second-order valence-electron chi connectivity index (χ2n) is 9.68. The van der Waals surface area contributed by atoms with Gasteiger partial charge in [0.25, 0.3) is 0 Å². The Balaban J connectivity index is 1.44. The minimum atomic E-state index is -0.516. The molecule has 7 nitrogen and oxygen atoms in total. The summed E-state index contributed by atoms with van der Waals surface area (Å²) in [4.78, 5) is 21.3. The Hall–Kier alpha value is -2.12. The van der Waals surface area contributed by atoms with Gasteiger partial charge in [0.2, 0.25) is 5.88 Å². The molecule has 8 heteroatoms. The average Bonchev–Trinajstić information content (AvgIpc) is 2.72. The Morgan fingerprint density at radius 3 is 2.61 bits per heavy atom. The summed E-state index contributed by atoms with van der Waals surface area (Å²) in [6, 6.07) is 3.70. The van der Waals surface area contributed by atoms with Gasteiger partial charge >= 0.3 is 6.09 Å². The van der Waals surface area contributed by atoms with Crippen LogP contribution >= 0.6 is 11.6 Å². The molecule has 0 atom stereocenters. The van der Waals surface area contributed by atoms with E-state index in [2.05, 4.69) is 15.3 Å². The number of pyridine rings is 2. The van der Waals surface area contributed by atoms with Gasteiger partial charge in [-0.25, -0.2) is 9.78 Å². The molecule has 1 saturated carbocycles. The molecular weight excluding hydrogens is 418 g/mol. The van der Waals surface area contributed by atoms with Crippen molar-refractivity contribution in [3.63, 3.8) is 0 Å². The van der Waals surface area contributed by atoms with E-state index in [1.54, 1.807) is 19.4 Å². The smallest absolute Gasteiger partial charge is 0.408 e. The minimum Gasteiger partial charge on any atom is -0.481 e. The van der Waals surface area contributed by atoms with Crippen LogP contribution in [0.25, 0.3) is 11.0 Å². The molecule has 1 N–H and O–H groups in total. The largest absolute Gasteiger partial charge is 0.481 e. The summed E-state index contributed by atoms with van der Waals surface area (Å²) in [5.74, 6) is 0.542. The summed E-state index contributed by atoms with van der Waals surface area (Å²) in [6.45, 7) is 6.10. The van der Waals surface area contributed by atoms with Gasteiger partial charge in [0.05, 0.1) is 40.9 Å². The fourth-order valence-electron chi connectivity index (χ4n) is 4.55. The Morgan fingerprint density at radius 2 is 2.00 bits per heavy atom. The Morgan fingerprint density at radius 1 is 1.26 bits per heavy atom. The van der Waals surface area contributed by atoms with Crippen molar-refractivity contribution in [2.45, 2.75) is 76.0 Å². The third kappa shape index (κ3) is 4.72. The zero-order chi connectivity index (χ0) is 22.3. The fourth-order valence-corrected chi connectivity index (χ4v) is 4.78. The van der Waals surface area contributed by atoms with E-state index in [0.717, 1.165) is 55.1 Å². The summed E-state index contributed by atoms with van der Waals surface area (Å²) >= 11 is 6.50. The number of methoxy groups -OCH3 is 1. The van der Waals surface area contributed by atoms with Crippen molar-refractivity contribution in [3.05, 3.63) is 28.9 Å². The number of hydrogen-bond donors (Lipinski definition) is 1. The molecule has 0 aromatic carbocycles. The lowest BCUT2D eigenvalue weighted by atomic mass is 9.69. The van der Waals surface area contributed by atoms with Gasteiger partial charge in [0, 0.05) is 17.8 Å². The summed E-state index contributed by atoms with van der Waals surface area (Å²) < 4.78 is 17.1. The van der Waals surface area contributed by atoms with Gasteiger partial charge in [0.15, 0.2) is 0 Å². The van der Waals surface area contributed by atoms with Gasteiger partial charge < -0.3 is 19.5 Å². The first-order valence-corrected chi connectivity index (χ1v) is 11.1. The topological polar surface area (TPSA) is 82.6 Å². The van der Waals surface area contributed by atoms with Gasteiger partial charge in [-0.2, -0.15) is 0 Å². The predicted octanol–water partition coefficient (Wildman–Crippen LogP) is 4.83. The Bertz CT molecular complexity index is 964. The van der Waals surface area contributed by atoms with Crippen LogP contribution in [0.3, 0.4) is 0 Å². The van der Waals surface area contributed by atoms with E-state index in [0.29, 0.717) is 17.5 Å². The number of ether oxygens (including phenoxy) is 3. The third-order valence-corrected chi connectivity index (χ3v) is 6.64. The number of aryl methyl sites for hydroxylation is 1. The monoisotopic (exact) mass is 447 g/mol. The molecule has 2 saturated heterocycles. The molecule has 5 rings (SSSR count). The van der Waals surface area contributed by atoms with Crippen LogP contribution in [0.5, 0.6) is 5.88 Å². The first-order chi connectivity index (χ1) is 14.6. The molecule has 2 bridgehead atoms. The SMILES string of the molecule is COc1ccc2ncc(Cl)c(CCC34CCC(NC(=O)OC(C)(C)C)(CC3)CO4)c2n1. The summed E-state index contributed by atoms with van der Waals surface area (Å²) in [7, 11) is 1.60. The van der Waals surface area contributed by atoms with Crippen molar-refractivity contribution in [1.82, 2.24) is 15.3 Å². The van der Waals surface area contributed by atoms with Crippen LogP contribution in [0.1, 0.15) is 58.4 Å². The molecule has 168 valence electrons. The highest BCUT2D eigenvalue weighted by Crippen LogP contribution is 2.46. The molecule has 3 aliphatic rings. The molecule has 0 radical (unpaired) electrons. The molecule has 31 heavy (non-hydrogen) atoms. The number of alkyl carbamates (subject to hydrolysis) is 1. The molecular formula is C23H30ClN3O4. The summed E-state index contributed by atoms with van der Waals surface area (Å²) in [6.07, 6.45) is 6.42. The third-order valence-electron chi connectivity index (χ3n) is 6.32. The second-order valence-corrected chi connectivity index (χ2v) is 10.1. The zero-order valence-corrected chi connectivity index (χ0v) is 19.3. The Kier molecular flexibility index (Phi) is 5.77. The van der Waals surface area contributed by atoms with Crippen molar-refractivity contribution >= 4 is 28.7 Å². The average molecular weight is 448 g/mol. The molecule has 2 aliphatic heterocycles. The van der Waals surface area contributed by atoms with Crippen LogP contribution in [0.15, 0.2) is 18.3 Å². The first kappa shape index (κ1) is 22.1. The van der Waals surface area contributed by atoms with Gasteiger partial charge in [-0.3, -0.25) is 4.98 Å². The predicted molar refractivity (Wildman–Crippen MR) is 119 cm³/mol. The number of carbonyl (C=O) groups is 1. The van der Waals surface area contributed by atoms with Crippen LogP contribution < -0.4 is 10.1 Å². The standard InChI is InChI=1S/C23H30ClN3O4/c1-21(2,3)31-20(28)27-22-9-11-23(12-10-22,30-14-22)8-7-15-16(24)13-25-17-5-6-18(29-4)26-19(15)17/h5-6,13H,7-12,14H2,1-4H3,(H,27,28). The van der Waals surface area contributed by atoms with Crippen molar-refractivity contribution in [3.8, 4) is 5.88 Å². The minimum absolute atomic E-state index is 0.199. The molecule has 1 amide bonds. The van der Waals surface area contributed by atoms with Crippen LogP contribution in [0, 0.1) is 0 Å². The van der Waals surface area contributed by atoms with E-state index < -0.39 is 5.60 Å². The van der Waals surface area contributed by atoms with E-state index in [9.17, 15) is 4.79 Å². The molecule has 2 aromatic heterocycles. The molecule has 3 fully saturated rings. The number of rotatable bonds is 5. The highest BCUT2D eigenvalue weighted by Gasteiger charge is 2.50. The summed E-state index contributed by atoms with van der Waals surface area (Å²) in [5, 5.41) is 3.68. The molecule has 1 aliphatic carbocycles. The van der Waals surface area contributed by atoms with Crippen LogP contribution in [0.4, 0.5) is 4.79 Å². The quantitative estimate of drug-likeness (QED) is 0.706. The first-order valence-electron chi connectivity index (χ1n) is 10.8. The number of aromatic nitrogens is 2. The van der Waals surface area contributed by atoms with Gasteiger partial charge in [-0.05, 0) is 65.4 Å². The fraction of sp³-hybridized carbons (Fsp3) is 0.609. The zero-order valence-electron chi connectivity index (χ0n) is 18.6. The lowest BCUT2D eigenvalue weighted by Gasteiger charge is -2.53. The highest BCUT2D eigenvalue weighted by molar-refractivity contribution is 6.32. The number of nitrogens with one attached hydrogen (secondary N) is 1. The molecule has 4 heterocycles. The highest BCUT2D eigenvalue weighted by atomic mass is 35.5. The molecule has 0 unspecified atom stereocenters. The molecule has 0 spiro atoms. The van der Waals surface area contributed by atoms with E-state index in [-0.39, 0.29) is 17.2 Å². The number of hydrogen-bond acceptors (Lipinski definition) is 6. The van der Waals surface area contributed by atoms with Gasteiger partial charge in [0.1, 0.15) is 5.60 Å². The maximum absolute atomic E-state index is 12.3. The van der Waals surface area contributed by atoms with Crippen molar-refractivity contribution in [1.29, 1.82) is 0 Å². The van der Waals surface area contributed by atoms with E-state index >= 15 is 0 Å².